The van der Waals surface area contributed by atoms with Gasteiger partial charge in [-0.2, -0.15) is 0 Å². The molecule has 0 spiro atoms. The maximum atomic E-state index is 12.1. The first-order valence-electron chi connectivity index (χ1n) is 6.67. The average Bonchev–Trinajstić information content (AvgIpc) is 2.41. The lowest BCUT2D eigenvalue weighted by Crippen LogP contribution is -2.25. The molecule has 0 aromatic heterocycles. The molecule has 1 aromatic carbocycles. The quantitative estimate of drug-likeness (QED) is 0.629. The van der Waals surface area contributed by atoms with E-state index in [0.717, 1.165) is 24.8 Å². The number of amides is 1. The van der Waals surface area contributed by atoms with E-state index < -0.39 is 0 Å². The van der Waals surface area contributed by atoms with Gasteiger partial charge in [-0.05, 0) is 31.0 Å². The second kappa shape index (κ2) is 8.34. The minimum atomic E-state index is -0.203. The number of carbonyl (C=O) groups is 1. The maximum Gasteiger partial charge on any atom is 0.252 e. The number of aryl methyl sites for hydroxylation is 1. The van der Waals surface area contributed by atoms with Gasteiger partial charge in [-0.1, -0.05) is 37.7 Å². The molecule has 1 aromatic rings. The van der Waals surface area contributed by atoms with Gasteiger partial charge in [0.2, 0.25) is 0 Å². The van der Waals surface area contributed by atoms with Crippen LogP contribution < -0.4 is 5.32 Å². The van der Waals surface area contributed by atoms with Crippen LogP contribution in [0.5, 0.6) is 0 Å². The summed E-state index contributed by atoms with van der Waals surface area (Å²) in [4.78, 5) is 12.1. The van der Waals surface area contributed by atoms with Gasteiger partial charge >= 0.3 is 0 Å². The second-order valence-electron chi connectivity index (χ2n) is 4.47. The van der Waals surface area contributed by atoms with Crippen molar-refractivity contribution in [2.45, 2.75) is 33.1 Å². The van der Waals surface area contributed by atoms with Crippen molar-refractivity contribution in [3.8, 4) is 11.8 Å². The number of carbonyl (C=O) groups excluding carboxylic acids is 1. The molecular weight excluding hydrogens is 238 g/mol. The van der Waals surface area contributed by atoms with Crippen molar-refractivity contribution < 1.29 is 9.90 Å². The Morgan fingerprint density at radius 1 is 1.37 bits per heavy atom. The summed E-state index contributed by atoms with van der Waals surface area (Å²) in [6.07, 6.45) is 3.24. The molecule has 0 aliphatic heterocycles. The van der Waals surface area contributed by atoms with E-state index in [1.54, 1.807) is 6.07 Å². The summed E-state index contributed by atoms with van der Waals surface area (Å²) in [5.74, 6) is 5.32. The Kier molecular flexibility index (Phi) is 6.70. The van der Waals surface area contributed by atoms with Crippen LogP contribution in [0.15, 0.2) is 18.2 Å². The Hall–Kier alpha value is -1.79. The molecule has 102 valence electrons. The first-order valence-corrected chi connectivity index (χ1v) is 6.67. The lowest BCUT2D eigenvalue weighted by molar-refractivity contribution is 0.0952. The lowest BCUT2D eigenvalue weighted by Gasteiger charge is -2.07. The van der Waals surface area contributed by atoms with Crippen molar-refractivity contribution in [1.82, 2.24) is 5.32 Å². The zero-order chi connectivity index (χ0) is 14.1. The van der Waals surface area contributed by atoms with Gasteiger partial charge in [0.05, 0.1) is 5.56 Å². The van der Waals surface area contributed by atoms with Crippen LogP contribution in [0, 0.1) is 18.8 Å². The summed E-state index contributed by atoms with van der Waals surface area (Å²) in [7, 11) is 0. The minimum Gasteiger partial charge on any atom is -0.384 e. The van der Waals surface area contributed by atoms with Gasteiger partial charge in [0, 0.05) is 12.1 Å². The maximum absolute atomic E-state index is 12.1. The van der Waals surface area contributed by atoms with Crippen molar-refractivity contribution >= 4 is 5.91 Å². The van der Waals surface area contributed by atoms with E-state index in [9.17, 15) is 4.79 Å². The molecule has 0 fully saturated rings. The molecule has 2 N–H and O–H groups in total. The number of aliphatic hydroxyl groups is 1. The van der Waals surface area contributed by atoms with Gasteiger partial charge < -0.3 is 10.4 Å². The summed E-state index contributed by atoms with van der Waals surface area (Å²) in [6, 6.07) is 5.54. The van der Waals surface area contributed by atoms with Crippen LogP contribution in [0.4, 0.5) is 0 Å². The molecule has 0 saturated heterocycles. The Morgan fingerprint density at radius 3 is 2.84 bits per heavy atom. The molecule has 0 saturated carbocycles. The Bertz CT molecular complexity index is 483. The predicted molar refractivity (Wildman–Crippen MR) is 77.0 cm³/mol. The fourth-order valence-electron chi connectivity index (χ4n) is 1.77. The molecule has 0 radical (unpaired) electrons. The highest BCUT2D eigenvalue weighted by Crippen LogP contribution is 2.11. The standard InChI is InChI=1S/C16H21NO2/c1-3-4-5-10-17-16(19)15-9-8-13(2)12-14(15)7-6-11-18/h8-9,12,18H,3-5,10-11H2,1-2H3,(H,17,19). The predicted octanol–water partition coefficient (Wildman–Crippen LogP) is 2.26. The summed E-state index contributed by atoms with van der Waals surface area (Å²) in [6.45, 7) is 4.57. The zero-order valence-electron chi connectivity index (χ0n) is 11.6. The molecule has 0 aliphatic carbocycles. The number of nitrogens with one attached hydrogen (secondary N) is 1. The third-order valence-electron chi connectivity index (χ3n) is 2.79. The first-order chi connectivity index (χ1) is 9.19. The molecule has 19 heavy (non-hydrogen) atoms. The monoisotopic (exact) mass is 259 g/mol. The molecular formula is C16H21NO2. The van der Waals surface area contributed by atoms with Crippen LogP contribution in [0.2, 0.25) is 0 Å². The molecule has 0 bridgehead atoms. The Labute approximate surface area is 115 Å². The number of rotatable bonds is 5. The molecule has 0 aliphatic rings. The van der Waals surface area contributed by atoms with Crippen LogP contribution in [0.25, 0.3) is 0 Å². The van der Waals surface area contributed by atoms with Crippen molar-refractivity contribution in [2.75, 3.05) is 13.2 Å². The van der Waals surface area contributed by atoms with Crippen molar-refractivity contribution in [2.24, 2.45) is 0 Å². The van der Waals surface area contributed by atoms with E-state index in [-0.39, 0.29) is 12.5 Å². The number of aliphatic hydroxyl groups excluding tert-OH is 1. The van der Waals surface area contributed by atoms with Gasteiger partial charge in [0.15, 0.2) is 0 Å². The Morgan fingerprint density at radius 2 is 2.16 bits per heavy atom. The normalized spacial score (nSPS) is 9.63. The molecule has 1 amide bonds. The molecule has 0 heterocycles. The summed E-state index contributed by atoms with van der Waals surface area (Å²) in [5.41, 5.74) is 2.29. The van der Waals surface area contributed by atoms with Crippen molar-refractivity contribution in [3.05, 3.63) is 34.9 Å². The van der Waals surface area contributed by atoms with Crippen LogP contribution >= 0.6 is 0 Å². The van der Waals surface area contributed by atoms with Crippen molar-refractivity contribution in [1.29, 1.82) is 0 Å². The van der Waals surface area contributed by atoms with E-state index in [1.807, 2.05) is 19.1 Å². The summed E-state index contributed by atoms with van der Waals surface area (Å²) >= 11 is 0. The van der Waals surface area contributed by atoms with Crippen LogP contribution in [0.3, 0.4) is 0 Å². The van der Waals surface area contributed by atoms with Crippen molar-refractivity contribution in [3.63, 3.8) is 0 Å². The van der Waals surface area contributed by atoms with E-state index >= 15 is 0 Å². The van der Waals surface area contributed by atoms with Crippen LogP contribution in [-0.4, -0.2) is 24.2 Å². The number of benzene rings is 1. The molecule has 0 atom stereocenters. The number of hydrogen-bond acceptors (Lipinski definition) is 2. The van der Waals surface area contributed by atoms with E-state index in [0.29, 0.717) is 17.7 Å². The largest absolute Gasteiger partial charge is 0.384 e. The average molecular weight is 259 g/mol. The van der Waals surface area contributed by atoms with E-state index in [1.165, 1.54) is 0 Å². The second-order valence-corrected chi connectivity index (χ2v) is 4.47. The topological polar surface area (TPSA) is 49.3 Å². The fraction of sp³-hybridized carbons (Fsp3) is 0.438. The lowest BCUT2D eigenvalue weighted by atomic mass is 10.0. The number of unbranched alkanes of at least 4 members (excludes halogenated alkanes) is 2. The first kappa shape index (κ1) is 15.3. The molecule has 3 heteroatoms. The fourth-order valence-corrected chi connectivity index (χ4v) is 1.77. The smallest absolute Gasteiger partial charge is 0.252 e. The van der Waals surface area contributed by atoms with Gasteiger partial charge in [0.1, 0.15) is 6.61 Å². The van der Waals surface area contributed by atoms with E-state index in [4.69, 9.17) is 5.11 Å². The molecule has 0 unspecified atom stereocenters. The SMILES string of the molecule is CCCCCNC(=O)c1ccc(C)cc1C#CCO. The molecule has 1 rings (SSSR count). The molecule has 3 nitrogen and oxygen atoms in total. The van der Waals surface area contributed by atoms with Gasteiger partial charge in [-0.25, -0.2) is 0 Å². The Balaban J connectivity index is 2.78. The highest BCUT2D eigenvalue weighted by atomic mass is 16.2. The van der Waals surface area contributed by atoms with Crippen LogP contribution in [-0.2, 0) is 0 Å². The summed E-state index contributed by atoms with van der Waals surface area (Å²) in [5, 5.41) is 11.7. The third kappa shape index (κ3) is 5.15. The van der Waals surface area contributed by atoms with Gasteiger partial charge in [-0.15, -0.1) is 0 Å². The van der Waals surface area contributed by atoms with Crippen LogP contribution in [0.1, 0.15) is 47.7 Å². The van der Waals surface area contributed by atoms with Gasteiger partial charge in [-0.3, -0.25) is 4.79 Å². The highest BCUT2D eigenvalue weighted by molar-refractivity contribution is 5.96. The summed E-state index contributed by atoms with van der Waals surface area (Å²) < 4.78 is 0. The minimum absolute atomic E-state index is 0.0988. The van der Waals surface area contributed by atoms with E-state index in [2.05, 4.69) is 24.1 Å². The highest BCUT2D eigenvalue weighted by Gasteiger charge is 2.09. The zero-order valence-corrected chi connectivity index (χ0v) is 11.6. The third-order valence-corrected chi connectivity index (χ3v) is 2.79. The van der Waals surface area contributed by atoms with Gasteiger partial charge in [0.25, 0.3) is 5.91 Å². The number of hydrogen-bond donors (Lipinski definition) is 2.